The van der Waals surface area contributed by atoms with Gasteiger partial charge in [-0.15, -0.1) is 11.3 Å². The summed E-state index contributed by atoms with van der Waals surface area (Å²) in [6, 6.07) is 6.17. The fourth-order valence-corrected chi connectivity index (χ4v) is 2.67. The van der Waals surface area contributed by atoms with E-state index in [9.17, 15) is 0 Å². The second kappa shape index (κ2) is 5.52. The maximum Gasteiger partial charge on any atom is 0.0826 e. The quantitative estimate of drug-likeness (QED) is 0.820. The van der Waals surface area contributed by atoms with Crippen molar-refractivity contribution in [3.8, 4) is 11.3 Å². The van der Waals surface area contributed by atoms with E-state index in [1.165, 1.54) is 5.69 Å². The Bertz CT molecular complexity index is 478. The van der Waals surface area contributed by atoms with Crippen LogP contribution in [0.25, 0.3) is 11.3 Å². The fraction of sp³-hybridized carbons (Fsp3) is 0.308. The van der Waals surface area contributed by atoms with E-state index in [1.807, 2.05) is 23.0 Å². The highest BCUT2D eigenvalue weighted by atomic mass is 35.5. The van der Waals surface area contributed by atoms with Gasteiger partial charge in [0.05, 0.1) is 16.2 Å². The number of anilines is 1. The molecule has 1 heterocycles. The van der Waals surface area contributed by atoms with Gasteiger partial charge >= 0.3 is 0 Å². The minimum Gasteiger partial charge on any atom is -0.372 e. The van der Waals surface area contributed by atoms with Crippen LogP contribution >= 0.6 is 22.9 Å². The van der Waals surface area contributed by atoms with Gasteiger partial charge in [-0.1, -0.05) is 11.6 Å². The SMILES string of the molecule is CCN(CC)c1ccc(-c2cscn2)c(Cl)c1. The van der Waals surface area contributed by atoms with E-state index in [0.29, 0.717) is 0 Å². The summed E-state index contributed by atoms with van der Waals surface area (Å²) in [5.74, 6) is 0. The lowest BCUT2D eigenvalue weighted by molar-refractivity contribution is 0.866. The van der Waals surface area contributed by atoms with Crippen LogP contribution in [0.1, 0.15) is 13.8 Å². The molecule has 0 aliphatic rings. The third-order valence-corrected chi connectivity index (χ3v) is 3.69. The molecule has 0 aliphatic heterocycles. The van der Waals surface area contributed by atoms with Crippen LogP contribution < -0.4 is 4.90 Å². The van der Waals surface area contributed by atoms with Crippen molar-refractivity contribution in [3.05, 3.63) is 34.1 Å². The molecule has 0 spiro atoms. The predicted molar refractivity (Wildman–Crippen MR) is 76.1 cm³/mol. The summed E-state index contributed by atoms with van der Waals surface area (Å²) >= 11 is 7.90. The van der Waals surface area contributed by atoms with E-state index in [4.69, 9.17) is 11.6 Å². The van der Waals surface area contributed by atoms with Crippen molar-refractivity contribution >= 4 is 28.6 Å². The minimum atomic E-state index is 0.764. The molecule has 0 bridgehead atoms. The van der Waals surface area contributed by atoms with Gasteiger partial charge in [-0.3, -0.25) is 0 Å². The minimum absolute atomic E-state index is 0.764. The highest BCUT2D eigenvalue weighted by molar-refractivity contribution is 7.07. The summed E-state index contributed by atoms with van der Waals surface area (Å²) in [6.45, 7) is 6.27. The van der Waals surface area contributed by atoms with Crippen LogP contribution in [0.5, 0.6) is 0 Å². The third-order valence-electron chi connectivity index (χ3n) is 2.79. The van der Waals surface area contributed by atoms with Gasteiger partial charge in [-0.25, -0.2) is 4.98 Å². The number of aromatic nitrogens is 1. The highest BCUT2D eigenvalue weighted by Gasteiger charge is 2.08. The summed E-state index contributed by atoms with van der Waals surface area (Å²) in [5.41, 5.74) is 4.94. The summed E-state index contributed by atoms with van der Waals surface area (Å²) in [6.07, 6.45) is 0. The van der Waals surface area contributed by atoms with Crippen molar-refractivity contribution in [3.63, 3.8) is 0 Å². The van der Waals surface area contributed by atoms with E-state index < -0.39 is 0 Å². The Balaban J connectivity index is 2.35. The fourth-order valence-electron chi connectivity index (χ4n) is 1.84. The zero-order chi connectivity index (χ0) is 12.3. The van der Waals surface area contributed by atoms with Crippen molar-refractivity contribution in [2.24, 2.45) is 0 Å². The van der Waals surface area contributed by atoms with Gasteiger partial charge in [0.25, 0.3) is 0 Å². The highest BCUT2D eigenvalue weighted by Crippen LogP contribution is 2.31. The standard InChI is InChI=1S/C13H15ClN2S/c1-3-16(4-2)10-5-6-11(12(14)7-10)13-8-17-9-15-13/h5-9H,3-4H2,1-2H3. The maximum absolute atomic E-state index is 6.32. The van der Waals surface area contributed by atoms with E-state index >= 15 is 0 Å². The van der Waals surface area contributed by atoms with Gasteiger partial charge in [0, 0.05) is 29.7 Å². The monoisotopic (exact) mass is 266 g/mol. The lowest BCUT2D eigenvalue weighted by Gasteiger charge is -2.21. The number of nitrogens with zero attached hydrogens (tertiary/aromatic N) is 2. The van der Waals surface area contributed by atoms with Crippen molar-refractivity contribution in [1.29, 1.82) is 0 Å². The summed E-state index contributed by atoms with van der Waals surface area (Å²) in [7, 11) is 0. The number of rotatable bonds is 4. The van der Waals surface area contributed by atoms with E-state index in [1.54, 1.807) is 11.3 Å². The lowest BCUT2D eigenvalue weighted by Crippen LogP contribution is -2.21. The molecule has 2 rings (SSSR count). The van der Waals surface area contributed by atoms with Crippen molar-refractivity contribution in [2.75, 3.05) is 18.0 Å². The van der Waals surface area contributed by atoms with E-state index in [2.05, 4.69) is 29.8 Å². The molecule has 1 aromatic carbocycles. The van der Waals surface area contributed by atoms with E-state index in [0.717, 1.165) is 29.4 Å². The van der Waals surface area contributed by atoms with Gasteiger partial charge in [0.15, 0.2) is 0 Å². The van der Waals surface area contributed by atoms with Crippen LogP contribution in [0.3, 0.4) is 0 Å². The lowest BCUT2D eigenvalue weighted by atomic mass is 10.1. The first-order valence-corrected chi connectivity index (χ1v) is 7.01. The molecule has 0 fully saturated rings. The van der Waals surface area contributed by atoms with Crippen LogP contribution in [0, 0.1) is 0 Å². The molecule has 0 atom stereocenters. The summed E-state index contributed by atoms with van der Waals surface area (Å²) in [5, 5.41) is 2.78. The Morgan fingerprint density at radius 1 is 1.29 bits per heavy atom. The number of benzene rings is 1. The molecule has 0 saturated carbocycles. The van der Waals surface area contributed by atoms with Crippen LogP contribution in [-0.4, -0.2) is 18.1 Å². The van der Waals surface area contributed by atoms with Crippen molar-refractivity contribution in [1.82, 2.24) is 4.98 Å². The molecule has 0 aliphatic carbocycles. The number of hydrogen-bond acceptors (Lipinski definition) is 3. The second-order valence-electron chi connectivity index (χ2n) is 3.71. The largest absolute Gasteiger partial charge is 0.372 e. The number of thiazole rings is 1. The molecule has 2 aromatic rings. The predicted octanol–water partition coefficient (Wildman–Crippen LogP) is 4.31. The molecule has 0 saturated heterocycles. The molecule has 0 radical (unpaired) electrons. The first-order valence-electron chi connectivity index (χ1n) is 5.69. The average Bonchev–Trinajstić information content (AvgIpc) is 2.84. The summed E-state index contributed by atoms with van der Waals surface area (Å²) < 4.78 is 0. The molecule has 0 amide bonds. The smallest absolute Gasteiger partial charge is 0.0826 e. The van der Waals surface area contributed by atoms with Crippen molar-refractivity contribution in [2.45, 2.75) is 13.8 Å². The topological polar surface area (TPSA) is 16.1 Å². The molecule has 17 heavy (non-hydrogen) atoms. The molecule has 4 heteroatoms. The van der Waals surface area contributed by atoms with Gasteiger partial charge in [0.2, 0.25) is 0 Å². The zero-order valence-corrected chi connectivity index (χ0v) is 11.6. The molecule has 1 aromatic heterocycles. The Labute approximate surface area is 111 Å². The molecule has 0 unspecified atom stereocenters. The maximum atomic E-state index is 6.32. The second-order valence-corrected chi connectivity index (χ2v) is 4.84. The van der Waals surface area contributed by atoms with E-state index in [-0.39, 0.29) is 0 Å². The normalized spacial score (nSPS) is 10.5. The Morgan fingerprint density at radius 2 is 2.06 bits per heavy atom. The molecule has 0 N–H and O–H groups in total. The van der Waals surface area contributed by atoms with Gasteiger partial charge < -0.3 is 4.90 Å². The number of hydrogen-bond donors (Lipinski definition) is 0. The molecular formula is C13H15ClN2S. The van der Waals surface area contributed by atoms with Crippen LogP contribution in [0.2, 0.25) is 5.02 Å². The van der Waals surface area contributed by atoms with Gasteiger partial charge in [0.1, 0.15) is 0 Å². The third kappa shape index (κ3) is 2.61. The Hall–Kier alpha value is -1.06. The van der Waals surface area contributed by atoms with Crippen LogP contribution in [-0.2, 0) is 0 Å². The van der Waals surface area contributed by atoms with Crippen LogP contribution in [0.15, 0.2) is 29.1 Å². The average molecular weight is 267 g/mol. The first-order chi connectivity index (χ1) is 8.26. The van der Waals surface area contributed by atoms with Gasteiger partial charge in [-0.2, -0.15) is 0 Å². The number of halogens is 1. The molecule has 90 valence electrons. The first kappa shape index (κ1) is 12.4. The van der Waals surface area contributed by atoms with Crippen molar-refractivity contribution < 1.29 is 0 Å². The molecular weight excluding hydrogens is 252 g/mol. The Kier molecular flexibility index (Phi) is 4.02. The van der Waals surface area contributed by atoms with Crippen LogP contribution in [0.4, 0.5) is 5.69 Å². The summed E-state index contributed by atoms with van der Waals surface area (Å²) in [4.78, 5) is 6.56. The molecule has 2 nitrogen and oxygen atoms in total. The van der Waals surface area contributed by atoms with Gasteiger partial charge in [-0.05, 0) is 32.0 Å². The Morgan fingerprint density at radius 3 is 2.59 bits per heavy atom. The zero-order valence-electron chi connectivity index (χ0n) is 9.98.